The van der Waals surface area contributed by atoms with Gasteiger partial charge in [0.2, 0.25) is 0 Å². The minimum atomic E-state index is -0.291. The summed E-state index contributed by atoms with van der Waals surface area (Å²) in [6, 6.07) is 3.15. The monoisotopic (exact) mass is 207 g/mol. The lowest BCUT2D eigenvalue weighted by molar-refractivity contribution is 0.289. The largest absolute Gasteiger partial charge is 0.353 e. The second-order valence-corrected chi connectivity index (χ2v) is 4.70. The molecule has 2 N–H and O–H groups in total. The maximum atomic E-state index is 12.7. The second-order valence-electron chi connectivity index (χ2n) is 4.70. The first-order valence-electron chi connectivity index (χ1n) is 5.33. The number of pyridine rings is 1. The number of hydrogen-bond acceptors (Lipinski definition) is 3. The highest BCUT2D eigenvalue weighted by molar-refractivity contribution is 5.45. The molecule has 15 heavy (non-hydrogen) atoms. The molecule has 80 valence electrons. The summed E-state index contributed by atoms with van der Waals surface area (Å²) in [7, 11) is 0. The van der Waals surface area contributed by atoms with Gasteiger partial charge in [-0.25, -0.2) is 9.37 Å². The van der Waals surface area contributed by atoms with Crippen molar-refractivity contribution < 1.29 is 4.39 Å². The lowest BCUT2D eigenvalue weighted by Crippen LogP contribution is -2.69. The van der Waals surface area contributed by atoms with Crippen LogP contribution in [0.2, 0.25) is 0 Å². The van der Waals surface area contributed by atoms with E-state index >= 15 is 0 Å². The summed E-state index contributed by atoms with van der Waals surface area (Å²) in [6.07, 6.45) is 3.78. The van der Waals surface area contributed by atoms with Gasteiger partial charge in [0.1, 0.15) is 11.6 Å². The van der Waals surface area contributed by atoms with Gasteiger partial charge >= 0.3 is 0 Å². The highest BCUT2D eigenvalue weighted by Gasteiger charge is 2.50. The number of hydrogen-bond donors (Lipinski definition) is 1. The van der Waals surface area contributed by atoms with E-state index in [1.807, 2.05) is 0 Å². The summed E-state index contributed by atoms with van der Waals surface area (Å²) in [5, 5.41) is 0. The molecule has 1 aromatic rings. The summed E-state index contributed by atoms with van der Waals surface area (Å²) < 4.78 is 12.7. The molecule has 0 spiro atoms. The maximum Gasteiger partial charge on any atom is 0.141 e. The summed E-state index contributed by atoms with van der Waals surface area (Å²) >= 11 is 0. The highest BCUT2D eigenvalue weighted by atomic mass is 19.1. The predicted octanol–water partition coefficient (Wildman–Crippen LogP) is 1.15. The van der Waals surface area contributed by atoms with E-state index in [9.17, 15) is 4.39 Å². The van der Waals surface area contributed by atoms with Crippen molar-refractivity contribution in [3.63, 3.8) is 0 Å². The molecular formula is C11H14FN3. The van der Waals surface area contributed by atoms with E-state index in [-0.39, 0.29) is 11.4 Å². The van der Waals surface area contributed by atoms with Crippen molar-refractivity contribution in [3.05, 3.63) is 24.1 Å². The van der Waals surface area contributed by atoms with Crippen molar-refractivity contribution in [3.8, 4) is 0 Å². The molecule has 3 nitrogen and oxygen atoms in total. The molecule has 1 aliphatic heterocycles. The van der Waals surface area contributed by atoms with Crippen molar-refractivity contribution in [1.82, 2.24) is 4.98 Å². The molecule has 0 unspecified atom stereocenters. The lowest BCUT2D eigenvalue weighted by atomic mass is 9.86. The smallest absolute Gasteiger partial charge is 0.141 e. The van der Waals surface area contributed by atoms with Crippen molar-refractivity contribution in [2.24, 2.45) is 11.7 Å². The van der Waals surface area contributed by atoms with Crippen LogP contribution >= 0.6 is 0 Å². The Morgan fingerprint density at radius 3 is 2.67 bits per heavy atom. The third kappa shape index (κ3) is 1.49. The van der Waals surface area contributed by atoms with Gasteiger partial charge in [0, 0.05) is 13.1 Å². The van der Waals surface area contributed by atoms with Crippen LogP contribution in [-0.2, 0) is 0 Å². The first-order chi connectivity index (χ1) is 7.17. The fourth-order valence-corrected chi connectivity index (χ4v) is 2.30. The standard InChI is InChI=1S/C11H14FN3/c12-9-3-4-10(14-5-9)15-6-11(13,7-15)8-1-2-8/h3-5,8H,1-2,6-7,13H2. The molecule has 0 radical (unpaired) electrons. The predicted molar refractivity (Wildman–Crippen MR) is 56.1 cm³/mol. The van der Waals surface area contributed by atoms with Gasteiger partial charge in [0.25, 0.3) is 0 Å². The first-order valence-corrected chi connectivity index (χ1v) is 5.33. The fraction of sp³-hybridized carbons (Fsp3) is 0.545. The van der Waals surface area contributed by atoms with Gasteiger partial charge in [0.15, 0.2) is 0 Å². The van der Waals surface area contributed by atoms with Gasteiger partial charge in [-0.1, -0.05) is 0 Å². The van der Waals surface area contributed by atoms with Crippen molar-refractivity contribution >= 4 is 5.82 Å². The zero-order valence-electron chi connectivity index (χ0n) is 8.49. The SMILES string of the molecule is NC1(C2CC2)CN(c2ccc(F)cn2)C1. The van der Waals surface area contributed by atoms with E-state index in [4.69, 9.17) is 5.73 Å². The van der Waals surface area contributed by atoms with Crippen molar-refractivity contribution in [2.75, 3.05) is 18.0 Å². The number of aromatic nitrogens is 1. The number of nitrogens with zero attached hydrogens (tertiary/aromatic N) is 2. The molecule has 1 aromatic heterocycles. The minimum absolute atomic E-state index is 0.00390. The van der Waals surface area contributed by atoms with E-state index in [0.29, 0.717) is 5.92 Å². The normalized spacial score (nSPS) is 23.7. The molecule has 1 aliphatic carbocycles. The third-order valence-corrected chi connectivity index (χ3v) is 3.40. The zero-order chi connectivity index (χ0) is 10.5. The summed E-state index contributed by atoms with van der Waals surface area (Å²) in [6.45, 7) is 1.71. The molecule has 0 aromatic carbocycles. The van der Waals surface area contributed by atoms with Crippen LogP contribution in [0.25, 0.3) is 0 Å². The Bertz CT molecular complexity index is 366. The molecule has 2 aliphatic rings. The quantitative estimate of drug-likeness (QED) is 0.791. The Hall–Kier alpha value is -1.16. The van der Waals surface area contributed by atoms with Crippen molar-refractivity contribution in [2.45, 2.75) is 18.4 Å². The molecule has 1 saturated carbocycles. The fourth-order valence-electron chi connectivity index (χ4n) is 2.30. The minimum Gasteiger partial charge on any atom is -0.353 e. The summed E-state index contributed by atoms with van der Waals surface area (Å²) in [5.74, 6) is 1.24. The molecule has 3 rings (SSSR count). The van der Waals surface area contributed by atoms with E-state index in [1.54, 1.807) is 6.07 Å². The van der Waals surface area contributed by atoms with E-state index < -0.39 is 0 Å². The molecule has 2 fully saturated rings. The Morgan fingerprint density at radius 2 is 2.13 bits per heavy atom. The summed E-state index contributed by atoms with van der Waals surface area (Å²) in [5.41, 5.74) is 6.22. The van der Waals surface area contributed by atoms with Crippen LogP contribution in [0.1, 0.15) is 12.8 Å². The van der Waals surface area contributed by atoms with E-state index in [2.05, 4.69) is 9.88 Å². The number of anilines is 1. The van der Waals surface area contributed by atoms with E-state index in [1.165, 1.54) is 25.1 Å². The molecule has 4 heteroatoms. The molecular weight excluding hydrogens is 193 g/mol. The van der Waals surface area contributed by atoms with Crippen LogP contribution in [0.15, 0.2) is 18.3 Å². The van der Waals surface area contributed by atoms with E-state index in [0.717, 1.165) is 18.9 Å². The Kier molecular flexibility index (Phi) is 1.77. The van der Waals surface area contributed by atoms with Crippen LogP contribution < -0.4 is 10.6 Å². The molecule has 0 atom stereocenters. The van der Waals surface area contributed by atoms with Crippen LogP contribution in [0.5, 0.6) is 0 Å². The number of nitrogens with two attached hydrogens (primary N) is 1. The van der Waals surface area contributed by atoms with Gasteiger partial charge in [-0.2, -0.15) is 0 Å². The van der Waals surface area contributed by atoms with Gasteiger partial charge in [-0.05, 0) is 30.9 Å². The Morgan fingerprint density at radius 1 is 1.40 bits per heavy atom. The van der Waals surface area contributed by atoms with Crippen LogP contribution in [-0.4, -0.2) is 23.6 Å². The Balaban J connectivity index is 1.69. The molecule has 2 heterocycles. The third-order valence-electron chi connectivity index (χ3n) is 3.40. The Labute approximate surface area is 88.1 Å². The zero-order valence-corrected chi connectivity index (χ0v) is 8.49. The number of rotatable bonds is 2. The molecule has 0 amide bonds. The van der Waals surface area contributed by atoms with Crippen LogP contribution in [0, 0.1) is 11.7 Å². The van der Waals surface area contributed by atoms with Gasteiger partial charge < -0.3 is 10.6 Å². The van der Waals surface area contributed by atoms with Crippen LogP contribution in [0.3, 0.4) is 0 Å². The van der Waals surface area contributed by atoms with Crippen LogP contribution in [0.4, 0.5) is 10.2 Å². The lowest BCUT2D eigenvalue weighted by Gasteiger charge is -2.49. The van der Waals surface area contributed by atoms with Gasteiger partial charge in [0.05, 0.1) is 11.7 Å². The summed E-state index contributed by atoms with van der Waals surface area (Å²) in [4.78, 5) is 6.15. The molecule has 1 saturated heterocycles. The van der Waals surface area contributed by atoms with Gasteiger partial charge in [-0.3, -0.25) is 0 Å². The first kappa shape index (κ1) is 9.09. The maximum absolute atomic E-state index is 12.7. The molecule has 0 bridgehead atoms. The second kappa shape index (κ2) is 2.92. The average molecular weight is 207 g/mol. The number of halogens is 1. The highest BCUT2D eigenvalue weighted by Crippen LogP contribution is 2.43. The van der Waals surface area contributed by atoms with Gasteiger partial charge in [-0.15, -0.1) is 0 Å². The topological polar surface area (TPSA) is 42.1 Å². The van der Waals surface area contributed by atoms with Crippen molar-refractivity contribution in [1.29, 1.82) is 0 Å². The average Bonchev–Trinajstić information content (AvgIpc) is 2.98.